The van der Waals surface area contributed by atoms with Crippen molar-refractivity contribution in [2.24, 2.45) is 0 Å². The van der Waals surface area contributed by atoms with Crippen LogP contribution in [0.25, 0.3) is 11.0 Å². The molecule has 0 aliphatic heterocycles. The first-order chi connectivity index (χ1) is 12.6. The minimum atomic E-state index is -0.970. The summed E-state index contributed by atoms with van der Waals surface area (Å²) in [6, 6.07) is 15.8. The van der Waals surface area contributed by atoms with Gasteiger partial charge in [-0.2, -0.15) is 0 Å². The molecule has 6 nitrogen and oxygen atoms in total. The van der Waals surface area contributed by atoms with Gasteiger partial charge in [0.15, 0.2) is 6.10 Å². The SMILES string of the molecule is CCOc1ccc(NC(=O)[C@@H](C)OC(=O)c2cc3ccccc3o2)cc1. The molecule has 0 radical (unpaired) electrons. The van der Waals surface area contributed by atoms with E-state index < -0.39 is 18.0 Å². The number of carbonyl (C=O) groups is 2. The number of fused-ring (bicyclic) bond motifs is 1. The summed E-state index contributed by atoms with van der Waals surface area (Å²) in [5.41, 5.74) is 1.18. The number of amides is 1. The standard InChI is InChI=1S/C20H19NO5/c1-3-24-16-10-8-15(9-11-16)21-19(22)13(2)25-20(23)18-12-14-6-4-5-7-17(14)26-18/h4-13H,3H2,1-2H3,(H,21,22)/t13-/m1/s1. The second-order valence-corrected chi connectivity index (χ2v) is 5.64. The van der Waals surface area contributed by atoms with E-state index in [9.17, 15) is 9.59 Å². The molecule has 0 aliphatic rings. The monoisotopic (exact) mass is 353 g/mol. The molecule has 3 rings (SSSR count). The van der Waals surface area contributed by atoms with Crippen molar-refractivity contribution >= 4 is 28.5 Å². The Kier molecular flexibility index (Phi) is 5.22. The minimum Gasteiger partial charge on any atom is -0.494 e. The van der Waals surface area contributed by atoms with Gasteiger partial charge in [0, 0.05) is 11.1 Å². The number of furan rings is 1. The van der Waals surface area contributed by atoms with E-state index in [1.165, 1.54) is 6.92 Å². The van der Waals surface area contributed by atoms with Gasteiger partial charge in [-0.15, -0.1) is 0 Å². The smallest absolute Gasteiger partial charge is 0.375 e. The Morgan fingerprint density at radius 2 is 1.85 bits per heavy atom. The van der Waals surface area contributed by atoms with E-state index in [0.29, 0.717) is 17.9 Å². The number of para-hydroxylation sites is 1. The Morgan fingerprint density at radius 1 is 1.12 bits per heavy atom. The van der Waals surface area contributed by atoms with Crippen LogP contribution in [-0.4, -0.2) is 24.6 Å². The Labute approximate surface area is 150 Å². The lowest BCUT2D eigenvalue weighted by molar-refractivity contribution is -0.123. The lowest BCUT2D eigenvalue weighted by Gasteiger charge is -2.13. The number of carbonyl (C=O) groups excluding carboxylic acids is 2. The molecule has 134 valence electrons. The predicted octanol–water partition coefficient (Wildman–Crippen LogP) is 4.02. The van der Waals surface area contributed by atoms with Gasteiger partial charge in [-0.05, 0) is 50.2 Å². The second kappa shape index (κ2) is 7.74. The van der Waals surface area contributed by atoms with Gasteiger partial charge < -0.3 is 19.2 Å². The van der Waals surface area contributed by atoms with Gasteiger partial charge in [0.25, 0.3) is 5.91 Å². The molecular weight excluding hydrogens is 334 g/mol. The van der Waals surface area contributed by atoms with E-state index >= 15 is 0 Å². The van der Waals surface area contributed by atoms with Crippen LogP contribution in [0, 0.1) is 0 Å². The van der Waals surface area contributed by atoms with Gasteiger partial charge in [0.05, 0.1) is 6.61 Å². The maximum Gasteiger partial charge on any atom is 0.375 e. The molecule has 0 spiro atoms. The second-order valence-electron chi connectivity index (χ2n) is 5.64. The molecule has 1 aromatic heterocycles. The maximum absolute atomic E-state index is 12.2. The number of benzene rings is 2. The largest absolute Gasteiger partial charge is 0.494 e. The van der Waals surface area contributed by atoms with Crippen molar-refractivity contribution < 1.29 is 23.5 Å². The summed E-state index contributed by atoms with van der Waals surface area (Å²) in [6.45, 7) is 3.97. The number of nitrogens with one attached hydrogen (secondary N) is 1. The van der Waals surface area contributed by atoms with Crippen LogP contribution < -0.4 is 10.1 Å². The third-order valence-electron chi connectivity index (χ3n) is 3.71. The van der Waals surface area contributed by atoms with Crippen molar-refractivity contribution in [1.29, 1.82) is 0 Å². The summed E-state index contributed by atoms with van der Waals surface area (Å²) >= 11 is 0. The Balaban J connectivity index is 1.60. The van der Waals surface area contributed by atoms with Crippen LogP contribution in [0.1, 0.15) is 24.4 Å². The van der Waals surface area contributed by atoms with E-state index in [0.717, 1.165) is 11.1 Å². The molecule has 1 heterocycles. The summed E-state index contributed by atoms with van der Waals surface area (Å²) in [5, 5.41) is 3.49. The fraction of sp³-hybridized carbons (Fsp3) is 0.200. The topological polar surface area (TPSA) is 77.8 Å². The first kappa shape index (κ1) is 17.5. The van der Waals surface area contributed by atoms with Crippen molar-refractivity contribution in [2.45, 2.75) is 20.0 Å². The molecule has 2 aromatic carbocycles. The van der Waals surface area contributed by atoms with E-state index in [1.807, 2.05) is 25.1 Å². The van der Waals surface area contributed by atoms with Gasteiger partial charge in [-0.1, -0.05) is 18.2 Å². The van der Waals surface area contributed by atoms with Crippen LogP contribution in [0.15, 0.2) is 59.0 Å². The maximum atomic E-state index is 12.2. The zero-order chi connectivity index (χ0) is 18.5. The van der Waals surface area contributed by atoms with E-state index in [2.05, 4.69) is 5.32 Å². The normalized spacial score (nSPS) is 11.8. The number of esters is 1. The molecule has 3 aromatic rings. The number of ether oxygens (including phenoxy) is 2. The third kappa shape index (κ3) is 4.03. The molecule has 26 heavy (non-hydrogen) atoms. The lowest BCUT2D eigenvalue weighted by atomic mass is 10.2. The predicted molar refractivity (Wildman–Crippen MR) is 97.3 cm³/mol. The molecule has 0 saturated heterocycles. The molecule has 0 saturated carbocycles. The van der Waals surface area contributed by atoms with Crippen LogP contribution in [-0.2, 0) is 9.53 Å². The van der Waals surface area contributed by atoms with Crippen molar-refractivity contribution in [2.75, 3.05) is 11.9 Å². The molecule has 0 unspecified atom stereocenters. The van der Waals surface area contributed by atoms with Crippen molar-refractivity contribution in [1.82, 2.24) is 0 Å². The van der Waals surface area contributed by atoms with Crippen LogP contribution in [0.4, 0.5) is 5.69 Å². The van der Waals surface area contributed by atoms with Gasteiger partial charge >= 0.3 is 5.97 Å². The summed E-state index contributed by atoms with van der Waals surface area (Å²) in [7, 11) is 0. The number of hydrogen-bond donors (Lipinski definition) is 1. The van der Waals surface area contributed by atoms with Crippen molar-refractivity contribution in [3.05, 3.63) is 60.4 Å². The highest BCUT2D eigenvalue weighted by Crippen LogP contribution is 2.20. The van der Waals surface area contributed by atoms with E-state index in [1.54, 1.807) is 36.4 Å². The first-order valence-corrected chi connectivity index (χ1v) is 8.30. The fourth-order valence-corrected chi connectivity index (χ4v) is 2.40. The molecular formula is C20H19NO5. The number of hydrogen-bond acceptors (Lipinski definition) is 5. The van der Waals surface area contributed by atoms with Gasteiger partial charge in [-0.25, -0.2) is 4.79 Å². The molecule has 0 fully saturated rings. The van der Waals surface area contributed by atoms with Gasteiger partial charge in [-0.3, -0.25) is 4.79 Å². The molecule has 6 heteroatoms. The van der Waals surface area contributed by atoms with Crippen LogP contribution in [0.3, 0.4) is 0 Å². The van der Waals surface area contributed by atoms with Gasteiger partial charge in [0.2, 0.25) is 5.76 Å². The Morgan fingerprint density at radius 3 is 2.54 bits per heavy atom. The van der Waals surface area contributed by atoms with E-state index in [4.69, 9.17) is 13.9 Å². The Bertz CT molecular complexity index is 880. The molecule has 1 N–H and O–H groups in total. The van der Waals surface area contributed by atoms with E-state index in [-0.39, 0.29) is 5.76 Å². The van der Waals surface area contributed by atoms with Crippen molar-refractivity contribution in [3.63, 3.8) is 0 Å². The minimum absolute atomic E-state index is 0.0620. The average Bonchev–Trinajstić information content (AvgIpc) is 3.08. The summed E-state index contributed by atoms with van der Waals surface area (Å²) < 4.78 is 16.0. The first-order valence-electron chi connectivity index (χ1n) is 8.30. The zero-order valence-corrected chi connectivity index (χ0v) is 14.5. The Hall–Kier alpha value is -3.28. The van der Waals surface area contributed by atoms with Gasteiger partial charge in [0.1, 0.15) is 11.3 Å². The highest BCUT2D eigenvalue weighted by Gasteiger charge is 2.21. The van der Waals surface area contributed by atoms with Crippen LogP contribution >= 0.6 is 0 Å². The van der Waals surface area contributed by atoms with Crippen LogP contribution in [0.2, 0.25) is 0 Å². The summed E-state index contributed by atoms with van der Waals surface area (Å²) in [4.78, 5) is 24.4. The number of anilines is 1. The molecule has 1 atom stereocenters. The quantitative estimate of drug-likeness (QED) is 0.677. The highest BCUT2D eigenvalue weighted by molar-refractivity contribution is 5.98. The zero-order valence-electron chi connectivity index (χ0n) is 14.5. The van der Waals surface area contributed by atoms with Crippen LogP contribution in [0.5, 0.6) is 5.75 Å². The van der Waals surface area contributed by atoms with Crippen molar-refractivity contribution in [3.8, 4) is 5.75 Å². The summed E-state index contributed by atoms with van der Waals surface area (Å²) in [6.07, 6.45) is -0.970. The third-order valence-corrected chi connectivity index (χ3v) is 3.71. The lowest BCUT2D eigenvalue weighted by Crippen LogP contribution is -2.29. The molecule has 0 aliphatic carbocycles. The highest BCUT2D eigenvalue weighted by atomic mass is 16.6. The number of rotatable bonds is 6. The summed E-state index contributed by atoms with van der Waals surface area (Å²) in [5.74, 6) is -0.337. The molecule has 1 amide bonds. The molecule has 0 bridgehead atoms. The average molecular weight is 353 g/mol. The fourth-order valence-electron chi connectivity index (χ4n) is 2.40.